The maximum absolute atomic E-state index is 11.3. The molecule has 1 atom stereocenters. The van der Waals surface area contributed by atoms with Crippen molar-refractivity contribution in [3.63, 3.8) is 0 Å². The number of amides is 1. The summed E-state index contributed by atoms with van der Waals surface area (Å²) in [6, 6.07) is -0.997. The summed E-state index contributed by atoms with van der Waals surface area (Å²) < 4.78 is 9.80. The van der Waals surface area contributed by atoms with Crippen LogP contribution in [-0.4, -0.2) is 50.0 Å². The second-order valence-corrected chi connectivity index (χ2v) is 3.28. The van der Waals surface area contributed by atoms with Crippen LogP contribution in [0.5, 0.6) is 0 Å². The van der Waals surface area contributed by atoms with Crippen LogP contribution in [0.1, 0.15) is 19.8 Å². The Morgan fingerprint density at radius 1 is 1.38 bits per heavy atom. The zero-order valence-electron chi connectivity index (χ0n) is 9.69. The van der Waals surface area contributed by atoms with E-state index in [-0.39, 0.29) is 18.9 Å². The first-order chi connectivity index (χ1) is 7.61. The van der Waals surface area contributed by atoms with Crippen LogP contribution in [0.2, 0.25) is 0 Å². The maximum Gasteiger partial charge on any atom is 0.328 e. The Bertz CT molecular complexity index is 219. The topological polar surface area (TPSA) is 84.9 Å². The molecule has 6 nitrogen and oxygen atoms in total. The van der Waals surface area contributed by atoms with Gasteiger partial charge in [-0.05, 0) is 6.42 Å². The van der Waals surface area contributed by atoms with Crippen LogP contribution >= 0.6 is 0 Å². The van der Waals surface area contributed by atoms with Gasteiger partial charge < -0.3 is 19.9 Å². The molecule has 0 aliphatic rings. The fourth-order valence-corrected chi connectivity index (χ4v) is 1.02. The first kappa shape index (κ1) is 14.9. The van der Waals surface area contributed by atoms with E-state index in [0.717, 1.165) is 6.42 Å². The Labute approximate surface area is 94.9 Å². The number of ether oxygens (including phenoxy) is 2. The molecule has 0 spiro atoms. The van der Waals surface area contributed by atoms with Crippen LogP contribution in [0.25, 0.3) is 0 Å². The number of carboxylic acid groups (broad SMARTS) is 1. The molecule has 1 amide bonds. The van der Waals surface area contributed by atoms with Gasteiger partial charge in [-0.1, -0.05) is 6.92 Å². The van der Waals surface area contributed by atoms with Gasteiger partial charge in [0.15, 0.2) is 6.04 Å². The van der Waals surface area contributed by atoms with Crippen molar-refractivity contribution < 1.29 is 24.2 Å². The number of rotatable bonds is 9. The molecular formula is C10H19NO5. The van der Waals surface area contributed by atoms with Crippen LogP contribution < -0.4 is 5.32 Å². The van der Waals surface area contributed by atoms with Crippen molar-refractivity contribution in [2.45, 2.75) is 25.8 Å². The van der Waals surface area contributed by atoms with Gasteiger partial charge in [0.1, 0.15) is 0 Å². The monoisotopic (exact) mass is 233 g/mol. The predicted octanol–water partition coefficient (Wildman–Crippen LogP) is 0.0189. The average Bonchev–Trinajstić information content (AvgIpc) is 2.23. The largest absolute Gasteiger partial charge is 0.480 e. The minimum atomic E-state index is -1.11. The maximum atomic E-state index is 11.3. The highest BCUT2D eigenvalue weighted by atomic mass is 16.5. The number of nitrogens with one attached hydrogen (secondary N) is 1. The standard InChI is InChI=1S/C10H19NO5/c1-3-5-16-6-4-9(12)11-8(7-15-2)10(13)14/h8H,3-7H2,1-2H3,(H,11,12)(H,13,14). The summed E-state index contributed by atoms with van der Waals surface area (Å²) in [5, 5.41) is 11.1. The molecule has 94 valence electrons. The minimum Gasteiger partial charge on any atom is -0.480 e. The van der Waals surface area contributed by atoms with E-state index >= 15 is 0 Å². The van der Waals surface area contributed by atoms with Gasteiger partial charge in [0.05, 0.1) is 13.2 Å². The summed E-state index contributed by atoms with van der Waals surface area (Å²) in [6.45, 7) is 2.84. The van der Waals surface area contributed by atoms with Crippen molar-refractivity contribution in [1.82, 2.24) is 5.32 Å². The third kappa shape index (κ3) is 7.19. The molecule has 1 unspecified atom stereocenters. The summed E-state index contributed by atoms with van der Waals surface area (Å²) in [6.07, 6.45) is 1.05. The van der Waals surface area contributed by atoms with Gasteiger partial charge in [0.2, 0.25) is 5.91 Å². The van der Waals surface area contributed by atoms with Gasteiger partial charge in [-0.25, -0.2) is 4.79 Å². The molecule has 16 heavy (non-hydrogen) atoms. The summed E-state index contributed by atoms with van der Waals surface area (Å²) in [4.78, 5) is 22.0. The number of methoxy groups -OCH3 is 1. The molecule has 0 aromatic rings. The van der Waals surface area contributed by atoms with E-state index in [1.165, 1.54) is 7.11 Å². The third-order valence-corrected chi connectivity index (χ3v) is 1.79. The zero-order chi connectivity index (χ0) is 12.4. The quantitative estimate of drug-likeness (QED) is 0.548. The zero-order valence-corrected chi connectivity index (χ0v) is 9.69. The number of hydrogen-bond donors (Lipinski definition) is 2. The van der Waals surface area contributed by atoms with E-state index in [9.17, 15) is 9.59 Å². The molecule has 0 aliphatic heterocycles. The van der Waals surface area contributed by atoms with Gasteiger partial charge in [-0.2, -0.15) is 0 Å². The number of aliphatic carboxylic acids is 1. The van der Waals surface area contributed by atoms with Crippen LogP contribution in [0.4, 0.5) is 0 Å². The number of carboxylic acids is 1. The summed E-state index contributed by atoms with van der Waals surface area (Å²) in [7, 11) is 1.38. The second-order valence-electron chi connectivity index (χ2n) is 3.28. The lowest BCUT2D eigenvalue weighted by atomic mass is 10.3. The van der Waals surface area contributed by atoms with Crippen molar-refractivity contribution in [3.05, 3.63) is 0 Å². The van der Waals surface area contributed by atoms with Gasteiger partial charge >= 0.3 is 5.97 Å². The van der Waals surface area contributed by atoms with Crippen molar-refractivity contribution in [2.24, 2.45) is 0 Å². The first-order valence-corrected chi connectivity index (χ1v) is 5.20. The van der Waals surface area contributed by atoms with Crippen molar-refractivity contribution >= 4 is 11.9 Å². The SMILES string of the molecule is CCCOCCC(=O)NC(COC)C(=O)O. The highest BCUT2D eigenvalue weighted by molar-refractivity contribution is 5.83. The van der Waals surface area contributed by atoms with E-state index in [0.29, 0.717) is 13.2 Å². The van der Waals surface area contributed by atoms with Crippen molar-refractivity contribution in [3.8, 4) is 0 Å². The van der Waals surface area contributed by atoms with Crippen LogP contribution in [0, 0.1) is 0 Å². The molecule has 0 saturated carbocycles. The Kier molecular flexibility index (Phi) is 8.46. The van der Waals surface area contributed by atoms with Gasteiger partial charge in [-0.3, -0.25) is 4.79 Å². The molecule has 0 aliphatic carbocycles. The predicted molar refractivity (Wildman–Crippen MR) is 57.2 cm³/mol. The van der Waals surface area contributed by atoms with Crippen LogP contribution in [0.15, 0.2) is 0 Å². The van der Waals surface area contributed by atoms with E-state index in [1.54, 1.807) is 0 Å². The molecule has 0 bridgehead atoms. The smallest absolute Gasteiger partial charge is 0.328 e. The van der Waals surface area contributed by atoms with Gasteiger partial charge in [0, 0.05) is 20.1 Å². The molecule has 0 aromatic heterocycles. The third-order valence-electron chi connectivity index (χ3n) is 1.79. The second kappa shape index (κ2) is 9.11. The Morgan fingerprint density at radius 2 is 2.06 bits per heavy atom. The molecule has 0 aromatic carbocycles. The Morgan fingerprint density at radius 3 is 2.56 bits per heavy atom. The number of hydrogen-bond acceptors (Lipinski definition) is 4. The number of carbonyl (C=O) groups is 2. The Hall–Kier alpha value is -1.14. The molecule has 2 N–H and O–H groups in total. The van der Waals surface area contributed by atoms with E-state index in [4.69, 9.17) is 9.84 Å². The highest BCUT2D eigenvalue weighted by Gasteiger charge is 2.19. The van der Waals surface area contributed by atoms with E-state index < -0.39 is 12.0 Å². The highest BCUT2D eigenvalue weighted by Crippen LogP contribution is 1.90. The molecular weight excluding hydrogens is 214 g/mol. The summed E-state index contributed by atoms with van der Waals surface area (Å²) >= 11 is 0. The minimum absolute atomic E-state index is 0.0448. The van der Waals surface area contributed by atoms with Crippen molar-refractivity contribution in [1.29, 1.82) is 0 Å². The first-order valence-electron chi connectivity index (χ1n) is 5.20. The van der Waals surface area contributed by atoms with Crippen molar-refractivity contribution in [2.75, 3.05) is 26.9 Å². The van der Waals surface area contributed by atoms with Crippen LogP contribution in [-0.2, 0) is 19.1 Å². The lowest BCUT2D eigenvalue weighted by molar-refractivity contribution is -0.143. The molecule has 0 radical (unpaired) electrons. The normalized spacial score (nSPS) is 12.1. The summed E-state index contributed by atoms with van der Waals surface area (Å²) in [5.41, 5.74) is 0. The Balaban J connectivity index is 3.77. The summed E-state index contributed by atoms with van der Waals surface area (Å²) in [5.74, 6) is -1.45. The fourth-order valence-electron chi connectivity index (χ4n) is 1.02. The van der Waals surface area contributed by atoms with E-state index in [2.05, 4.69) is 10.1 Å². The van der Waals surface area contributed by atoms with Gasteiger partial charge in [-0.15, -0.1) is 0 Å². The average molecular weight is 233 g/mol. The molecule has 0 saturated heterocycles. The van der Waals surface area contributed by atoms with E-state index in [1.807, 2.05) is 6.92 Å². The molecule has 0 heterocycles. The molecule has 0 fully saturated rings. The molecule has 6 heteroatoms. The lowest BCUT2D eigenvalue weighted by Gasteiger charge is -2.13. The lowest BCUT2D eigenvalue weighted by Crippen LogP contribution is -2.44. The number of carbonyl (C=O) groups excluding carboxylic acids is 1. The molecule has 0 rings (SSSR count). The van der Waals surface area contributed by atoms with Crippen LogP contribution in [0.3, 0.4) is 0 Å². The fraction of sp³-hybridized carbons (Fsp3) is 0.800. The van der Waals surface area contributed by atoms with Gasteiger partial charge in [0.25, 0.3) is 0 Å².